The average Bonchev–Trinajstić information content (AvgIpc) is 2.79. The van der Waals surface area contributed by atoms with E-state index >= 15 is 0 Å². The van der Waals surface area contributed by atoms with Gasteiger partial charge in [0.05, 0.1) is 6.54 Å². The average molecular weight is 254 g/mol. The van der Waals surface area contributed by atoms with E-state index in [2.05, 4.69) is 15.3 Å². The van der Waals surface area contributed by atoms with Crippen LogP contribution in [-0.4, -0.2) is 44.1 Å². The summed E-state index contributed by atoms with van der Waals surface area (Å²) in [6, 6.07) is -0.429. The van der Waals surface area contributed by atoms with Crippen molar-refractivity contribution >= 4 is 12.0 Å². The minimum Gasteiger partial charge on any atom is -0.480 e. The molecule has 18 heavy (non-hydrogen) atoms. The summed E-state index contributed by atoms with van der Waals surface area (Å²) in [7, 11) is 0. The second-order valence-electron chi connectivity index (χ2n) is 4.30. The number of aromatic amines is 1. The molecule has 3 N–H and O–H groups in total. The molecule has 1 aromatic rings. The Labute approximate surface area is 105 Å². The van der Waals surface area contributed by atoms with Crippen LogP contribution in [0.3, 0.4) is 0 Å². The molecule has 0 aliphatic heterocycles. The lowest BCUT2D eigenvalue weighted by Crippen LogP contribution is -2.55. The maximum Gasteiger partial charge on any atom is 0.329 e. The molecule has 0 bridgehead atoms. The first-order valence-electron chi connectivity index (χ1n) is 5.66. The molecule has 0 saturated carbocycles. The van der Waals surface area contributed by atoms with Gasteiger partial charge in [-0.25, -0.2) is 14.6 Å². The molecule has 0 aromatic carbocycles. The molecule has 0 aliphatic carbocycles. The SMILES string of the molecule is CCN(C(=O)NCc1ncc[nH]1)C(C)(C)C(=O)O. The van der Waals surface area contributed by atoms with E-state index in [-0.39, 0.29) is 6.54 Å². The summed E-state index contributed by atoms with van der Waals surface area (Å²) in [4.78, 5) is 31.1. The molecule has 1 aromatic heterocycles. The van der Waals surface area contributed by atoms with Crippen LogP contribution in [-0.2, 0) is 11.3 Å². The number of aromatic nitrogens is 2. The largest absolute Gasteiger partial charge is 0.480 e. The lowest BCUT2D eigenvalue weighted by atomic mass is 10.0. The van der Waals surface area contributed by atoms with Crippen LogP contribution in [0.2, 0.25) is 0 Å². The summed E-state index contributed by atoms with van der Waals surface area (Å²) in [5.74, 6) is -0.426. The van der Waals surface area contributed by atoms with Crippen LogP contribution in [0, 0.1) is 0 Å². The Morgan fingerprint density at radius 1 is 1.56 bits per heavy atom. The number of carboxylic acids is 1. The van der Waals surface area contributed by atoms with E-state index in [9.17, 15) is 9.59 Å². The van der Waals surface area contributed by atoms with Gasteiger partial charge < -0.3 is 20.3 Å². The highest BCUT2D eigenvalue weighted by Crippen LogP contribution is 2.14. The fourth-order valence-electron chi connectivity index (χ4n) is 1.56. The number of nitrogens with one attached hydrogen (secondary N) is 2. The van der Waals surface area contributed by atoms with Crippen LogP contribution >= 0.6 is 0 Å². The first-order chi connectivity index (χ1) is 8.39. The van der Waals surface area contributed by atoms with Crippen molar-refractivity contribution < 1.29 is 14.7 Å². The number of urea groups is 1. The van der Waals surface area contributed by atoms with Crippen LogP contribution in [0.5, 0.6) is 0 Å². The predicted octanol–water partition coefficient (Wildman–Crippen LogP) is 0.804. The molecule has 7 nitrogen and oxygen atoms in total. The van der Waals surface area contributed by atoms with Gasteiger partial charge >= 0.3 is 12.0 Å². The molecule has 0 spiro atoms. The quantitative estimate of drug-likeness (QED) is 0.724. The van der Waals surface area contributed by atoms with Gasteiger partial charge in [0.2, 0.25) is 0 Å². The Hall–Kier alpha value is -2.05. The van der Waals surface area contributed by atoms with Gasteiger partial charge in [0.15, 0.2) is 0 Å². The summed E-state index contributed by atoms with van der Waals surface area (Å²) in [6.07, 6.45) is 3.24. The number of nitrogens with zero attached hydrogens (tertiary/aromatic N) is 2. The first-order valence-corrected chi connectivity index (χ1v) is 5.66. The van der Waals surface area contributed by atoms with Crippen LogP contribution in [0.4, 0.5) is 4.79 Å². The summed E-state index contributed by atoms with van der Waals surface area (Å²) < 4.78 is 0. The Morgan fingerprint density at radius 3 is 2.67 bits per heavy atom. The summed E-state index contributed by atoms with van der Waals surface area (Å²) in [5.41, 5.74) is -1.25. The molecular formula is C11H18N4O3. The molecule has 1 rings (SSSR count). The number of imidazole rings is 1. The second-order valence-corrected chi connectivity index (χ2v) is 4.30. The van der Waals surface area contributed by atoms with E-state index in [1.807, 2.05) is 0 Å². The number of aliphatic carboxylic acids is 1. The zero-order chi connectivity index (χ0) is 13.8. The minimum atomic E-state index is -1.25. The molecule has 0 unspecified atom stereocenters. The number of carboxylic acid groups (broad SMARTS) is 1. The highest BCUT2D eigenvalue weighted by Gasteiger charge is 2.36. The third-order valence-corrected chi connectivity index (χ3v) is 2.72. The number of H-pyrrole nitrogens is 1. The number of carbonyl (C=O) groups is 2. The third kappa shape index (κ3) is 2.99. The van der Waals surface area contributed by atoms with E-state index < -0.39 is 17.5 Å². The molecule has 7 heteroatoms. The van der Waals surface area contributed by atoms with Crippen LogP contribution in [0.25, 0.3) is 0 Å². The zero-order valence-corrected chi connectivity index (χ0v) is 10.7. The number of amides is 2. The number of likely N-dealkylation sites (N-methyl/N-ethyl adjacent to an activating group) is 1. The van der Waals surface area contributed by atoms with Gasteiger partial charge in [-0.1, -0.05) is 0 Å². The van der Waals surface area contributed by atoms with Crippen molar-refractivity contribution in [3.63, 3.8) is 0 Å². The Kier molecular flexibility index (Phi) is 4.30. The van der Waals surface area contributed by atoms with Gasteiger partial charge in [0.1, 0.15) is 11.4 Å². The molecule has 0 saturated heterocycles. The number of rotatable bonds is 5. The predicted molar refractivity (Wildman–Crippen MR) is 64.9 cm³/mol. The van der Waals surface area contributed by atoms with E-state index in [1.54, 1.807) is 19.3 Å². The van der Waals surface area contributed by atoms with Gasteiger partial charge in [-0.3, -0.25) is 0 Å². The lowest BCUT2D eigenvalue weighted by molar-refractivity contribution is -0.147. The van der Waals surface area contributed by atoms with Gasteiger partial charge in [-0.15, -0.1) is 0 Å². The van der Waals surface area contributed by atoms with Crippen molar-refractivity contribution in [2.45, 2.75) is 32.9 Å². The minimum absolute atomic E-state index is 0.234. The molecule has 0 atom stereocenters. The van der Waals surface area contributed by atoms with Crippen molar-refractivity contribution in [2.24, 2.45) is 0 Å². The van der Waals surface area contributed by atoms with E-state index in [0.717, 1.165) is 0 Å². The van der Waals surface area contributed by atoms with Gasteiger partial charge in [0, 0.05) is 18.9 Å². The van der Waals surface area contributed by atoms with E-state index in [1.165, 1.54) is 18.7 Å². The standard InChI is InChI=1S/C11H18N4O3/c1-4-15(11(2,3)9(16)17)10(18)14-7-8-12-5-6-13-8/h5-6H,4,7H2,1-3H3,(H,12,13)(H,14,18)(H,16,17). The number of hydrogen-bond acceptors (Lipinski definition) is 3. The highest BCUT2D eigenvalue weighted by atomic mass is 16.4. The Bertz CT molecular complexity index is 414. The molecule has 100 valence electrons. The fraction of sp³-hybridized carbons (Fsp3) is 0.545. The Morgan fingerprint density at radius 2 is 2.22 bits per heavy atom. The maximum atomic E-state index is 11.9. The third-order valence-electron chi connectivity index (χ3n) is 2.72. The fourth-order valence-corrected chi connectivity index (χ4v) is 1.56. The van der Waals surface area contributed by atoms with Crippen molar-refractivity contribution in [2.75, 3.05) is 6.54 Å². The van der Waals surface area contributed by atoms with E-state index in [0.29, 0.717) is 12.4 Å². The van der Waals surface area contributed by atoms with Crippen molar-refractivity contribution in [1.29, 1.82) is 0 Å². The summed E-state index contributed by atoms with van der Waals surface area (Å²) >= 11 is 0. The smallest absolute Gasteiger partial charge is 0.329 e. The topological polar surface area (TPSA) is 98.3 Å². The van der Waals surface area contributed by atoms with E-state index in [4.69, 9.17) is 5.11 Å². The molecule has 1 heterocycles. The molecule has 0 aliphatic rings. The van der Waals surface area contributed by atoms with Crippen molar-refractivity contribution in [3.8, 4) is 0 Å². The summed E-state index contributed by atoms with van der Waals surface area (Å²) in [6.45, 7) is 5.26. The molecule has 0 radical (unpaired) electrons. The molecular weight excluding hydrogens is 236 g/mol. The Balaban J connectivity index is 2.65. The normalized spacial score (nSPS) is 11.1. The number of carbonyl (C=O) groups excluding carboxylic acids is 1. The van der Waals surface area contributed by atoms with Gasteiger partial charge in [-0.05, 0) is 20.8 Å². The highest BCUT2D eigenvalue weighted by molar-refractivity contribution is 5.85. The van der Waals surface area contributed by atoms with Gasteiger partial charge in [0.25, 0.3) is 0 Å². The molecule has 0 fully saturated rings. The van der Waals surface area contributed by atoms with Crippen LogP contribution < -0.4 is 5.32 Å². The van der Waals surface area contributed by atoms with Crippen molar-refractivity contribution in [3.05, 3.63) is 18.2 Å². The second kappa shape index (κ2) is 5.52. The van der Waals surface area contributed by atoms with Crippen molar-refractivity contribution in [1.82, 2.24) is 20.2 Å². The van der Waals surface area contributed by atoms with Crippen LogP contribution in [0.1, 0.15) is 26.6 Å². The zero-order valence-electron chi connectivity index (χ0n) is 10.7. The summed E-state index contributed by atoms with van der Waals surface area (Å²) in [5, 5.41) is 11.7. The lowest BCUT2D eigenvalue weighted by Gasteiger charge is -2.34. The monoisotopic (exact) mass is 254 g/mol. The number of hydrogen-bond donors (Lipinski definition) is 3. The van der Waals surface area contributed by atoms with Gasteiger partial charge in [-0.2, -0.15) is 0 Å². The molecule has 2 amide bonds. The van der Waals surface area contributed by atoms with Crippen LogP contribution in [0.15, 0.2) is 12.4 Å². The maximum absolute atomic E-state index is 11.9. The first kappa shape index (κ1) is 14.0.